The predicted octanol–water partition coefficient (Wildman–Crippen LogP) is 1.92. The Labute approximate surface area is 103 Å². The van der Waals surface area contributed by atoms with E-state index in [1.807, 2.05) is 23.9 Å². The lowest BCUT2D eigenvalue weighted by Crippen LogP contribution is -2.27. The third-order valence-corrected chi connectivity index (χ3v) is 3.26. The highest BCUT2D eigenvalue weighted by atomic mass is 16.3. The van der Waals surface area contributed by atoms with E-state index in [0.29, 0.717) is 18.9 Å². The molecule has 1 heterocycles. The van der Waals surface area contributed by atoms with Crippen molar-refractivity contribution in [3.63, 3.8) is 0 Å². The summed E-state index contributed by atoms with van der Waals surface area (Å²) in [5, 5.41) is 23.7. The van der Waals surface area contributed by atoms with Crippen LogP contribution in [0.15, 0.2) is 12.3 Å². The van der Waals surface area contributed by atoms with E-state index in [1.165, 1.54) is 0 Å². The van der Waals surface area contributed by atoms with Crippen LogP contribution < -0.4 is 0 Å². The van der Waals surface area contributed by atoms with E-state index in [1.54, 1.807) is 0 Å². The van der Waals surface area contributed by atoms with Crippen molar-refractivity contribution in [2.24, 2.45) is 0 Å². The van der Waals surface area contributed by atoms with Crippen molar-refractivity contribution < 1.29 is 10.2 Å². The number of nitrogens with zero attached hydrogens (tertiary/aromatic N) is 2. The molecule has 17 heavy (non-hydrogen) atoms. The minimum Gasteiger partial charge on any atom is -0.390 e. The normalized spacial score (nSPS) is 15.2. The summed E-state index contributed by atoms with van der Waals surface area (Å²) in [6.07, 6.45) is 3.67. The molecule has 1 aromatic heterocycles. The fourth-order valence-corrected chi connectivity index (χ4v) is 1.97. The predicted molar refractivity (Wildman–Crippen MR) is 67.9 cm³/mol. The van der Waals surface area contributed by atoms with Gasteiger partial charge >= 0.3 is 0 Å². The average molecular weight is 240 g/mol. The Hall–Kier alpha value is -0.870. The maximum Gasteiger partial charge on any atom is 0.0854 e. The fraction of sp³-hybridized carbons (Fsp3) is 0.769. The van der Waals surface area contributed by atoms with Crippen LogP contribution in [0.1, 0.15) is 51.8 Å². The first kappa shape index (κ1) is 14.2. The van der Waals surface area contributed by atoms with Crippen molar-refractivity contribution in [2.75, 3.05) is 0 Å². The molecule has 2 atom stereocenters. The van der Waals surface area contributed by atoms with Crippen LogP contribution in [0.25, 0.3) is 0 Å². The average Bonchev–Trinajstić information content (AvgIpc) is 2.78. The number of rotatable bonds is 7. The zero-order chi connectivity index (χ0) is 12.8. The molecule has 0 amide bonds. The molecule has 0 radical (unpaired) electrons. The van der Waals surface area contributed by atoms with Crippen molar-refractivity contribution in [1.82, 2.24) is 9.78 Å². The van der Waals surface area contributed by atoms with Crippen LogP contribution in [-0.4, -0.2) is 32.2 Å². The van der Waals surface area contributed by atoms with Gasteiger partial charge in [-0.05, 0) is 25.3 Å². The van der Waals surface area contributed by atoms with Crippen molar-refractivity contribution >= 4 is 0 Å². The molecule has 0 bridgehead atoms. The second-order valence-electron chi connectivity index (χ2n) is 4.50. The molecule has 98 valence electrons. The van der Waals surface area contributed by atoms with Crippen molar-refractivity contribution in [1.29, 1.82) is 0 Å². The monoisotopic (exact) mass is 240 g/mol. The first-order chi connectivity index (χ1) is 8.12. The molecule has 4 heteroatoms. The van der Waals surface area contributed by atoms with Gasteiger partial charge in [0.1, 0.15) is 0 Å². The van der Waals surface area contributed by atoms with Crippen molar-refractivity contribution in [3.8, 4) is 0 Å². The number of aliphatic hydroxyl groups excluding tert-OH is 2. The van der Waals surface area contributed by atoms with Crippen LogP contribution in [0, 0.1) is 0 Å². The van der Waals surface area contributed by atoms with Crippen molar-refractivity contribution in [2.45, 2.75) is 64.7 Å². The zero-order valence-electron chi connectivity index (χ0n) is 11.0. The van der Waals surface area contributed by atoms with Gasteiger partial charge in [-0.1, -0.05) is 20.8 Å². The summed E-state index contributed by atoms with van der Waals surface area (Å²) in [6.45, 7) is 6.15. The van der Waals surface area contributed by atoms with Crippen LogP contribution in [-0.2, 0) is 6.42 Å². The van der Waals surface area contributed by atoms with Gasteiger partial charge < -0.3 is 10.2 Å². The molecule has 0 aliphatic heterocycles. The first-order valence-electron chi connectivity index (χ1n) is 6.52. The van der Waals surface area contributed by atoms with Gasteiger partial charge in [-0.25, -0.2) is 0 Å². The summed E-state index contributed by atoms with van der Waals surface area (Å²) in [7, 11) is 0. The Bertz CT molecular complexity index is 321. The molecule has 0 spiro atoms. The molecule has 2 N–H and O–H groups in total. The zero-order valence-corrected chi connectivity index (χ0v) is 11.0. The molecule has 0 aromatic carbocycles. The Morgan fingerprint density at radius 1 is 1.12 bits per heavy atom. The molecule has 0 saturated heterocycles. The van der Waals surface area contributed by atoms with E-state index >= 15 is 0 Å². The molecule has 0 fully saturated rings. The molecule has 0 saturated carbocycles. The van der Waals surface area contributed by atoms with Gasteiger partial charge in [-0.3, -0.25) is 4.68 Å². The smallest absolute Gasteiger partial charge is 0.0854 e. The minimum absolute atomic E-state index is 0.419. The summed E-state index contributed by atoms with van der Waals surface area (Å²) in [6, 6.07) is 2.35. The molecule has 4 nitrogen and oxygen atoms in total. The highest BCUT2D eigenvalue weighted by Crippen LogP contribution is 2.15. The Morgan fingerprint density at radius 3 is 2.29 bits per heavy atom. The first-order valence-corrected chi connectivity index (χ1v) is 6.52. The maximum absolute atomic E-state index is 9.73. The van der Waals surface area contributed by atoms with Crippen LogP contribution in [0.5, 0.6) is 0 Å². The topological polar surface area (TPSA) is 58.3 Å². The summed E-state index contributed by atoms with van der Waals surface area (Å²) in [5.41, 5.74) is 0.844. The van der Waals surface area contributed by atoms with Crippen molar-refractivity contribution in [3.05, 3.63) is 18.0 Å². The van der Waals surface area contributed by atoms with Gasteiger partial charge in [0.2, 0.25) is 0 Å². The van der Waals surface area contributed by atoms with Gasteiger partial charge in [-0.15, -0.1) is 0 Å². The van der Waals surface area contributed by atoms with Gasteiger partial charge in [0.05, 0.1) is 23.9 Å². The summed E-state index contributed by atoms with van der Waals surface area (Å²) >= 11 is 0. The Kier molecular flexibility index (Phi) is 5.65. The quantitative estimate of drug-likeness (QED) is 0.765. The van der Waals surface area contributed by atoms with Gasteiger partial charge in [-0.2, -0.15) is 5.10 Å². The number of aliphatic hydroxyl groups is 2. The molecular weight excluding hydrogens is 216 g/mol. The van der Waals surface area contributed by atoms with Gasteiger partial charge in [0.25, 0.3) is 0 Å². The summed E-state index contributed by atoms with van der Waals surface area (Å²) in [5.74, 6) is 0. The number of aromatic nitrogens is 2. The highest BCUT2D eigenvalue weighted by Gasteiger charge is 2.16. The second kappa shape index (κ2) is 6.77. The minimum atomic E-state index is -0.718. The number of hydrogen-bond acceptors (Lipinski definition) is 3. The molecular formula is C13H24N2O2. The Balaban J connectivity index is 2.62. The largest absolute Gasteiger partial charge is 0.390 e. The maximum atomic E-state index is 9.73. The van der Waals surface area contributed by atoms with Crippen LogP contribution in [0.2, 0.25) is 0 Å². The summed E-state index contributed by atoms with van der Waals surface area (Å²) in [4.78, 5) is 0. The molecule has 1 rings (SSSR count). The molecule has 0 aliphatic carbocycles. The molecule has 2 unspecified atom stereocenters. The van der Waals surface area contributed by atoms with E-state index in [-0.39, 0.29) is 0 Å². The molecule has 0 aliphatic rings. The van der Waals surface area contributed by atoms with Crippen LogP contribution >= 0.6 is 0 Å². The number of hydrogen-bond donors (Lipinski definition) is 2. The van der Waals surface area contributed by atoms with E-state index in [4.69, 9.17) is 0 Å². The lowest BCUT2D eigenvalue weighted by Gasteiger charge is -2.15. The summed E-state index contributed by atoms with van der Waals surface area (Å²) < 4.78 is 1.96. The van der Waals surface area contributed by atoms with E-state index in [9.17, 15) is 10.2 Å². The fourth-order valence-electron chi connectivity index (χ4n) is 1.97. The highest BCUT2D eigenvalue weighted by molar-refractivity contribution is 5.02. The van der Waals surface area contributed by atoms with Crippen LogP contribution in [0.3, 0.4) is 0 Å². The standard InChI is InChI=1S/C13H24N2O2/c1-4-11(5-2)15-8-7-10(14-15)9-13(17)12(16)6-3/h7-8,11-13,16-17H,4-6,9H2,1-3H3. The second-order valence-corrected chi connectivity index (χ2v) is 4.50. The van der Waals surface area contributed by atoms with E-state index in [2.05, 4.69) is 18.9 Å². The van der Waals surface area contributed by atoms with Gasteiger partial charge in [0, 0.05) is 12.6 Å². The lowest BCUT2D eigenvalue weighted by molar-refractivity contribution is 0.0175. The van der Waals surface area contributed by atoms with E-state index in [0.717, 1.165) is 18.5 Å². The SMILES string of the molecule is CCC(O)C(O)Cc1ccn(C(CC)CC)n1. The molecule has 1 aromatic rings. The Morgan fingerprint density at radius 2 is 1.76 bits per heavy atom. The third-order valence-electron chi connectivity index (χ3n) is 3.26. The third kappa shape index (κ3) is 3.82. The van der Waals surface area contributed by atoms with E-state index < -0.39 is 12.2 Å². The van der Waals surface area contributed by atoms with Gasteiger partial charge in [0.15, 0.2) is 0 Å². The lowest BCUT2D eigenvalue weighted by atomic mass is 10.1. The van der Waals surface area contributed by atoms with Crippen LogP contribution in [0.4, 0.5) is 0 Å².